The molecule has 8 heteroatoms. The molecule has 0 saturated heterocycles. The third-order valence-electron chi connectivity index (χ3n) is 3.94. The molecule has 0 bridgehead atoms. The fourth-order valence-corrected chi connectivity index (χ4v) is 2.67. The van der Waals surface area contributed by atoms with Crippen LogP contribution in [0.2, 0.25) is 0 Å². The minimum absolute atomic E-state index is 0.0229. The van der Waals surface area contributed by atoms with E-state index < -0.39 is 17.4 Å². The lowest BCUT2D eigenvalue weighted by molar-refractivity contribution is 0.126. The molecule has 6 nitrogen and oxygen atoms in total. The smallest absolute Gasteiger partial charge is 0.222 e. The molecule has 2 aromatic rings. The van der Waals surface area contributed by atoms with Gasteiger partial charge in [-0.2, -0.15) is 4.98 Å². The summed E-state index contributed by atoms with van der Waals surface area (Å²) in [5.74, 6) is -1.79. The van der Waals surface area contributed by atoms with Gasteiger partial charge in [-0.25, -0.2) is 13.8 Å². The Morgan fingerprint density at radius 3 is 2.50 bits per heavy atom. The molecule has 1 aliphatic carbocycles. The van der Waals surface area contributed by atoms with Gasteiger partial charge < -0.3 is 20.9 Å². The van der Waals surface area contributed by atoms with E-state index in [1.807, 2.05) is 0 Å². The van der Waals surface area contributed by atoms with Gasteiger partial charge in [0.2, 0.25) is 5.95 Å². The first-order chi connectivity index (χ1) is 11.5. The number of ether oxygens (including phenoxy) is 1. The molecule has 0 atom stereocenters. The number of para-hydroxylation sites is 1. The third kappa shape index (κ3) is 3.70. The van der Waals surface area contributed by atoms with Crippen molar-refractivity contribution in [2.75, 3.05) is 11.1 Å². The lowest BCUT2D eigenvalue weighted by atomic mass is 9.93. The molecule has 0 unspecified atom stereocenters. The largest absolute Gasteiger partial charge is 0.446 e. The van der Waals surface area contributed by atoms with Crippen LogP contribution in [0.3, 0.4) is 0 Å². The first kappa shape index (κ1) is 16.4. The number of benzene rings is 1. The van der Waals surface area contributed by atoms with Gasteiger partial charge in [-0.3, -0.25) is 0 Å². The monoisotopic (exact) mass is 336 g/mol. The topological polar surface area (TPSA) is 93.3 Å². The van der Waals surface area contributed by atoms with Gasteiger partial charge in [-0.1, -0.05) is 6.07 Å². The maximum absolute atomic E-state index is 13.8. The van der Waals surface area contributed by atoms with E-state index in [0.29, 0.717) is 12.8 Å². The molecule has 128 valence electrons. The number of anilines is 2. The SMILES string of the molecule is Nc1ncc(Oc2c(F)cccc2F)c(NC2CCC(O)CC2)n1. The van der Waals surface area contributed by atoms with E-state index in [4.69, 9.17) is 10.5 Å². The van der Waals surface area contributed by atoms with Gasteiger partial charge in [-0.05, 0) is 37.8 Å². The molecule has 1 heterocycles. The highest BCUT2D eigenvalue weighted by Gasteiger charge is 2.22. The van der Waals surface area contributed by atoms with Gasteiger partial charge >= 0.3 is 0 Å². The highest BCUT2D eigenvalue weighted by molar-refractivity contribution is 5.53. The second-order valence-corrected chi connectivity index (χ2v) is 5.74. The molecule has 0 spiro atoms. The Hall–Kier alpha value is -2.48. The predicted octanol–water partition coefficient (Wildman–Crippen LogP) is 2.84. The summed E-state index contributed by atoms with van der Waals surface area (Å²) in [7, 11) is 0. The first-order valence-corrected chi connectivity index (χ1v) is 7.72. The number of nitrogen functional groups attached to an aromatic ring is 1. The molecule has 0 amide bonds. The van der Waals surface area contributed by atoms with Gasteiger partial charge in [0.25, 0.3) is 0 Å². The molecule has 1 aromatic heterocycles. The summed E-state index contributed by atoms with van der Waals surface area (Å²) in [6, 6.07) is 3.53. The molecule has 4 N–H and O–H groups in total. The number of hydrogen-bond donors (Lipinski definition) is 3. The number of aliphatic hydroxyl groups is 1. The highest BCUT2D eigenvalue weighted by atomic mass is 19.1. The number of nitrogens with zero attached hydrogens (tertiary/aromatic N) is 2. The Balaban J connectivity index is 1.83. The second-order valence-electron chi connectivity index (χ2n) is 5.74. The fourth-order valence-electron chi connectivity index (χ4n) is 2.67. The number of nitrogens with two attached hydrogens (primary N) is 1. The van der Waals surface area contributed by atoms with Gasteiger partial charge in [0, 0.05) is 6.04 Å². The van der Waals surface area contributed by atoms with E-state index in [2.05, 4.69) is 15.3 Å². The zero-order valence-electron chi connectivity index (χ0n) is 12.9. The lowest BCUT2D eigenvalue weighted by Gasteiger charge is -2.27. The van der Waals surface area contributed by atoms with Crippen LogP contribution in [0.15, 0.2) is 24.4 Å². The maximum Gasteiger partial charge on any atom is 0.222 e. The van der Waals surface area contributed by atoms with Crippen LogP contribution >= 0.6 is 0 Å². The molecule has 1 fully saturated rings. The Bertz CT molecular complexity index is 701. The van der Waals surface area contributed by atoms with Crippen molar-refractivity contribution in [1.29, 1.82) is 0 Å². The van der Waals surface area contributed by atoms with Crippen molar-refractivity contribution < 1.29 is 18.6 Å². The van der Waals surface area contributed by atoms with Crippen molar-refractivity contribution in [3.05, 3.63) is 36.0 Å². The molecule has 0 aliphatic heterocycles. The zero-order valence-corrected chi connectivity index (χ0v) is 12.9. The summed E-state index contributed by atoms with van der Waals surface area (Å²) in [5, 5.41) is 12.7. The summed E-state index contributed by atoms with van der Waals surface area (Å²) < 4.78 is 32.9. The average molecular weight is 336 g/mol. The molecule has 3 rings (SSSR count). The Morgan fingerprint density at radius 1 is 1.17 bits per heavy atom. The quantitative estimate of drug-likeness (QED) is 0.795. The van der Waals surface area contributed by atoms with Gasteiger partial charge in [0.1, 0.15) is 0 Å². The second kappa shape index (κ2) is 6.96. The number of aromatic nitrogens is 2. The fraction of sp³-hybridized carbons (Fsp3) is 0.375. The summed E-state index contributed by atoms with van der Waals surface area (Å²) in [6.45, 7) is 0. The number of aliphatic hydroxyl groups excluding tert-OH is 1. The van der Waals surface area contributed by atoms with Gasteiger partial charge in [-0.15, -0.1) is 0 Å². The average Bonchev–Trinajstić information content (AvgIpc) is 2.55. The summed E-state index contributed by atoms with van der Waals surface area (Å²) in [5.41, 5.74) is 5.60. The molecule has 1 saturated carbocycles. The van der Waals surface area contributed by atoms with Crippen LogP contribution in [0.1, 0.15) is 25.7 Å². The minimum atomic E-state index is -0.821. The Kier molecular flexibility index (Phi) is 4.75. The van der Waals surface area contributed by atoms with E-state index in [1.54, 1.807) is 0 Å². The van der Waals surface area contributed by atoms with Crippen molar-refractivity contribution in [3.8, 4) is 11.5 Å². The van der Waals surface area contributed by atoms with Crippen LogP contribution in [0.5, 0.6) is 11.5 Å². The van der Waals surface area contributed by atoms with Crippen LogP contribution in [0.4, 0.5) is 20.5 Å². The van der Waals surface area contributed by atoms with Crippen molar-refractivity contribution in [2.45, 2.75) is 37.8 Å². The Labute approximate surface area is 137 Å². The zero-order chi connectivity index (χ0) is 17.1. The summed E-state index contributed by atoms with van der Waals surface area (Å²) >= 11 is 0. The van der Waals surface area contributed by atoms with Gasteiger partial charge in [0.15, 0.2) is 29.0 Å². The molecule has 1 aliphatic rings. The lowest BCUT2D eigenvalue weighted by Crippen LogP contribution is -2.28. The minimum Gasteiger partial charge on any atom is -0.446 e. The van der Waals surface area contributed by atoms with Crippen molar-refractivity contribution >= 4 is 11.8 Å². The number of rotatable bonds is 4. The molecule has 0 radical (unpaired) electrons. The summed E-state index contributed by atoms with van der Waals surface area (Å²) in [4.78, 5) is 7.88. The number of halogens is 2. The molecule has 1 aromatic carbocycles. The van der Waals surface area contributed by atoms with Crippen LogP contribution in [0, 0.1) is 11.6 Å². The molecule has 24 heavy (non-hydrogen) atoms. The van der Waals surface area contributed by atoms with Crippen molar-refractivity contribution in [1.82, 2.24) is 9.97 Å². The van der Waals surface area contributed by atoms with E-state index in [-0.39, 0.29) is 29.7 Å². The highest BCUT2D eigenvalue weighted by Crippen LogP contribution is 2.33. The van der Waals surface area contributed by atoms with Crippen molar-refractivity contribution in [3.63, 3.8) is 0 Å². The summed E-state index contributed by atoms with van der Waals surface area (Å²) in [6.07, 6.45) is 3.83. The standard InChI is InChI=1S/C16H18F2N4O2/c17-11-2-1-3-12(18)14(11)24-13-8-20-16(19)22-15(13)21-9-4-6-10(23)7-5-9/h1-3,8-10,23H,4-7H2,(H3,19,20,21,22). The first-order valence-electron chi connectivity index (χ1n) is 7.72. The van der Waals surface area contributed by atoms with Crippen LogP contribution in [0.25, 0.3) is 0 Å². The van der Waals surface area contributed by atoms with Crippen LogP contribution in [-0.4, -0.2) is 27.2 Å². The van der Waals surface area contributed by atoms with Crippen molar-refractivity contribution in [2.24, 2.45) is 0 Å². The Morgan fingerprint density at radius 2 is 1.83 bits per heavy atom. The normalized spacial score (nSPS) is 20.6. The van der Waals surface area contributed by atoms with Gasteiger partial charge in [0.05, 0.1) is 12.3 Å². The molecular weight excluding hydrogens is 318 g/mol. The predicted molar refractivity (Wildman–Crippen MR) is 84.8 cm³/mol. The maximum atomic E-state index is 13.8. The van der Waals surface area contributed by atoms with E-state index >= 15 is 0 Å². The molecular formula is C16H18F2N4O2. The van der Waals surface area contributed by atoms with E-state index in [0.717, 1.165) is 25.0 Å². The number of nitrogens with one attached hydrogen (secondary N) is 1. The van der Waals surface area contributed by atoms with Crippen LogP contribution in [-0.2, 0) is 0 Å². The van der Waals surface area contributed by atoms with E-state index in [9.17, 15) is 13.9 Å². The van der Waals surface area contributed by atoms with E-state index in [1.165, 1.54) is 12.3 Å². The van der Waals surface area contributed by atoms with Crippen LogP contribution < -0.4 is 15.8 Å². The third-order valence-corrected chi connectivity index (χ3v) is 3.94. The number of hydrogen-bond acceptors (Lipinski definition) is 6.